The van der Waals surface area contributed by atoms with E-state index in [1.807, 2.05) is 18.2 Å². The Hall–Kier alpha value is -2.52. The summed E-state index contributed by atoms with van der Waals surface area (Å²) < 4.78 is 21.9. The minimum atomic E-state index is -0.0693. The van der Waals surface area contributed by atoms with Gasteiger partial charge in [-0.15, -0.1) is 0 Å². The summed E-state index contributed by atoms with van der Waals surface area (Å²) in [4.78, 5) is 16.4. The third-order valence-electron chi connectivity index (χ3n) is 4.52. The van der Waals surface area contributed by atoms with Gasteiger partial charge in [-0.25, -0.2) is 4.99 Å². The number of aliphatic imine (C=N–C) groups is 1. The van der Waals surface area contributed by atoms with Gasteiger partial charge in [0.1, 0.15) is 6.54 Å². The van der Waals surface area contributed by atoms with E-state index in [1.165, 1.54) is 0 Å². The van der Waals surface area contributed by atoms with Crippen LogP contribution in [0.1, 0.15) is 25.7 Å². The predicted octanol–water partition coefficient (Wildman–Crippen LogP) is 1.54. The first kappa shape index (κ1) is 22.2. The van der Waals surface area contributed by atoms with Gasteiger partial charge in [-0.1, -0.05) is 0 Å². The molecule has 1 heterocycles. The highest BCUT2D eigenvalue weighted by atomic mass is 16.5. The van der Waals surface area contributed by atoms with Crippen molar-refractivity contribution in [1.29, 1.82) is 0 Å². The zero-order valence-corrected chi connectivity index (χ0v) is 17.6. The maximum atomic E-state index is 12.0. The molecule has 166 valence electrons. The van der Waals surface area contributed by atoms with Crippen LogP contribution in [0.15, 0.2) is 23.2 Å². The Bertz CT molecular complexity index is 709. The van der Waals surface area contributed by atoms with E-state index in [1.54, 1.807) is 7.11 Å². The quantitative estimate of drug-likeness (QED) is 0.283. The molecule has 3 rings (SSSR count). The van der Waals surface area contributed by atoms with Gasteiger partial charge in [0.05, 0.1) is 26.4 Å². The average Bonchev–Trinajstić information content (AvgIpc) is 3.58. The van der Waals surface area contributed by atoms with E-state index < -0.39 is 0 Å². The van der Waals surface area contributed by atoms with Crippen molar-refractivity contribution in [1.82, 2.24) is 10.6 Å². The van der Waals surface area contributed by atoms with E-state index in [-0.39, 0.29) is 12.5 Å². The van der Waals surface area contributed by atoms with Crippen LogP contribution in [0.25, 0.3) is 0 Å². The summed E-state index contributed by atoms with van der Waals surface area (Å²) in [7, 11) is 1.65. The second-order valence-corrected chi connectivity index (χ2v) is 7.23. The van der Waals surface area contributed by atoms with Crippen LogP contribution >= 0.6 is 0 Å². The molecule has 1 saturated carbocycles. The van der Waals surface area contributed by atoms with Gasteiger partial charge >= 0.3 is 0 Å². The lowest BCUT2D eigenvalue weighted by molar-refractivity contribution is -0.119. The molecule has 1 amide bonds. The second-order valence-electron chi connectivity index (χ2n) is 7.23. The molecule has 0 atom stereocenters. The summed E-state index contributed by atoms with van der Waals surface area (Å²) in [6, 6.07) is 5.99. The Labute approximate surface area is 177 Å². The van der Waals surface area contributed by atoms with Crippen molar-refractivity contribution < 1.29 is 23.7 Å². The van der Waals surface area contributed by atoms with Crippen LogP contribution in [0.4, 0.5) is 5.69 Å². The lowest BCUT2D eigenvalue weighted by Crippen LogP contribution is -2.34. The summed E-state index contributed by atoms with van der Waals surface area (Å²) in [6.45, 7) is 3.79. The first-order chi connectivity index (χ1) is 14.7. The number of hydrogen-bond donors (Lipinski definition) is 3. The molecule has 1 aliphatic carbocycles. The van der Waals surface area contributed by atoms with Crippen LogP contribution in [0.2, 0.25) is 0 Å². The summed E-state index contributed by atoms with van der Waals surface area (Å²) in [5.74, 6) is 1.91. The third-order valence-corrected chi connectivity index (χ3v) is 4.52. The third kappa shape index (κ3) is 8.08. The number of guanidine groups is 1. The Morgan fingerprint density at radius 3 is 2.80 bits per heavy atom. The van der Waals surface area contributed by atoms with Crippen LogP contribution in [0, 0.1) is 0 Å². The zero-order valence-electron chi connectivity index (χ0n) is 17.6. The van der Waals surface area contributed by atoms with E-state index in [9.17, 15) is 4.79 Å². The standard InChI is InChI=1S/C21H32N4O5/c1-27-12-13-28-9-2-8-22-21(23-15-20(26)24-16-4-5-16)25-17-6-7-18-19(14-17)30-11-3-10-29-18/h6-7,14,16H,2-5,8-13,15H2,1H3,(H,24,26)(H2,22,23,25). The highest BCUT2D eigenvalue weighted by molar-refractivity contribution is 5.95. The molecule has 0 radical (unpaired) electrons. The van der Waals surface area contributed by atoms with Gasteiger partial charge in [0.15, 0.2) is 17.5 Å². The van der Waals surface area contributed by atoms with Crippen LogP contribution < -0.4 is 25.4 Å². The number of amides is 1. The monoisotopic (exact) mass is 420 g/mol. The molecule has 0 unspecified atom stereocenters. The van der Waals surface area contributed by atoms with E-state index in [4.69, 9.17) is 18.9 Å². The van der Waals surface area contributed by atoms with Crippen LogP contribution in [-0.2, 0) is 14.3 Å². The van der Waals surface area contributed by atoms with Gasteiger partial charge in [0, 0.05) is 44.5 Å². The van der Waals surface area contributed by atoms with E-state index in [0.29, 0.717) is 57.3 Å². The zero-order chi connectivity index (χ0) is 21.0. The fraction of sp³-hybridized carbons (Fsp3) is 0.619. The maximum Gasteiger partial charge on any atom is 0.242 e. The SMILES string of the molecule is COCCOCCCNC(=NCC(=O)NC1CC1)Nc1ccc2c(c1)OCCCO2. The van der Waals surface area contributed by atoms with Gasteiger partial charge in [-0.05, 0) is 31.4 Å². The van der Waals surface area contributed by atoms with Gasteiger partial charge in [-0.3, -0.25) is 4.79 Å². The Morgan fingerprint density at radius 2 is 2.00 bits per heavy atom. The number of ether oxygens (including phenoxy) is 4. The smallest absolute Gasteiger partial charge is 0.242 e. The Morgan fingerprint density at radius 1 is 1.17 bits per heavy atom. The number of methoxy groups -OCH3 is 1. The molecule has 0 spiro atoms. The van der Waals surface area contributed by atoms with Crippen molar-refractivity contribution >= 4 is 17.6 Å². The molecule has 9 nitrogen and oxygen atoms in total. The molecule has 30 heavy (non-hydrogen) atoms. The van der Waals surface area contributed by atoms with Gasteiger partial charge in [-0.2, -0.15) is 0 Å². The molecule has 0 bridgehead atoms. The number of carbonyl (C=O) groups excluding carboxylic acids is 1. The molecule has 0 saturated heterocycles. The van der Waals surface area contributed by atoms with E-state index >= 15 is 0 Å². The van der Waals surface area contributed by atoms with Crippen LogP contribution in [0.5, 0.6) is 11.5 Å². The van der Waals surface area contributed by atoms with Crippen LogP contribution in [-0.4, -0.2) is 71.1 Å². The number of benzene rings is 1. The first-order valence-corrected chi connectivity index (χ1v) is 10.6. The lowest BCUT2D eigenvalue weighted by Gasteiger charge is -2.15. The van der Waals surface area contributed by atoms with Crippen molar-refractivity contribution in [3.05, 3.63) is 18.2 Å². The Kier molecular flexibility index (Phi) is 9.04. The number of rotatable bonds is 11. The minimum absolute atomic E-state index is 0.0693. The number of fused-ring (bicyclic) bond motifs is 1. The summed E-state index contributed by atoms with van der Waals surface area (Å²) in [5, 5.41) is 9.45. The molecule has 2 aliphatic rings. The number of anilines is 1. The van der Waals surface area contributed by atoms with Crippen molar-refractivity contribution in [2.24, 2.45) is 4.99 Å². The Balaban J connectivity index is 1.54. The maximum absolute atomic E-state index is 12.0. The predicted molar refractivity (Wildman–Crippen MR) is 114 cm³/mol. The highest BCUT2D eigenvalue weighted by Gasteiger charge is 2.22. The number of nitrogens with one attached hydrogen (secondary N) is 3. The topological polar surface area (TPSA) is 102 Å². The minimum Gasteiger partial charge on any atom is -0.490 e. The molecule has 1 aromatic carbocycles. The summed E-state index contributed by atoms with van der Waals surface area (Å²) >= 11 is 0. The molecule has 0 aromatic heterocycles. The average molecular weight is 421 g/mol. The van der Waals surface area contributed by atoms with Gasteiger partial charge in [0.25, 0.3) is 0 Å². The molecule has 1 aliphatic heterocycles. The molecular weight excluding hydrogens is 388 g/mol. The molecular formula is C21H32N4O5. The highest BCUT2D eigenvalue weighted by Crippen LogP contribution is 2.32. The number of nitrogens with zero attached hydrogens (tertiary/aromatic N) is 1. The molecule has 3 N–H and O–H groups in total. The van der Waals surface area contributed by atoms with Gasteiger partial charge in [0.2, 0.25) is 5.91 Å². The second kappa shape index (κ2) is 12.2. The summed E-state index contributed by atoms with van der Waals surface area (Å²) in [5.41, 5.74) is 0.810. The van der Waals surface area contributed by atoms with Crippen molar-refractivity contribution in [2.45, 2.75) is 31.7 Å². The molecule has 1 fully saturated rings. The largest absolute Gasteiger partial charge is 0.490 e. The lowest BCUT2D eigenvalue weighted by atomic mass is 10.2. The van der Waals surface area contributed by atoms with Crippen molar-refractivity contribution in [2.75, 3.05) is 58.6 Å². The molecule has 1 aromatic rings. The first-order valence-electron chi connectivity index (χ1n) is 10.6. The van der Waals surface area contributed by atoms with Gasteiger partial charge < -0.3 is 34.9 Å². The summed E-state index contributed by atoms with van der Waals surface area (Å²) in [6.07, 6.45) is 3.77. The normalized spacial score (nSPS) is 16.0. The fourth-order valence-corrected chi connectivity index (χ4v) is 2.79. The van der Waals surface area contributed by atoms with Crippen molar-refractivity contribution in [3.63, 3.8) is 0 Å². The van der Waals surface area contributed by atoms with E-state index in [2.05, 4.69) is 20.9 Å². The van der Waals surface area contributed by atoms with E-state index in [0.717, 1.165) is 37.1 Å². The van der Waals surface area contributed by atoms with Crippen molar-refractivity contribution in [3.8, 4) is 11.5 Å². The fourth-order valence-electron chi connectivity index (χ4n) is 2.79. The van der Waals surface area contributed by atoms with Crippen LogP contribution in [0.3, 0.4) is 0 Å². The molecule has 9 heteroatoms. The number of hydrogen-bond acceptors (Lipinski definition) is 6. The number of carbonyl (C=O) groups is 1.